The van der Waals surface area contributed by atoms with E-state index in [0.717, 1.165) is 258 Å². The summed E-state index contributed by atoms with van der Waals surface area (Å²) < 4.78 is 44.0. The predicted octanol–water partition coefficient (Wildman–Crippen LogP) is 16.5. The Kier molecular flexibility index (Phi) is 28.1. The highest BCUT2D eigenvalue weighted by Crippen LogP contribution is 2.35. The molecule has 6 fully saturated rings. The molecule has 17 heterocycles. The minimum Gasteiger partial charge on any atom is -0.491 e. The number of aromatic nitrogens is 17. The van der Waals surface area contributed by atoms with Gasteiger partial charge in [0.15, 0.2) is 0 Å². The van der Waals surface area contributed by atoms with Gasteiger partial charge in [-0.2, -0.15) is 30.6 Å². The SMILES string of the molecule is CC(C)Oc1ccc2cnn(-c3ccnc(N4CCC4)c3)c2c1.CC(C)Oc1ccc2cnn(-c3ccnc(N4CCN(CC5CCC5)CC4)c3)c2c1.CC(C)Oc1ccc2cnn(-c3ccnc(N4CCOC(CCO)C4)c3)c2c1.CCC1C=C(c2ccc3cnn(-c4ccnc(N5CCOCC5)c4)c3c2)C=N1.c1cc(-n2ncc3ccc(-c4cn[nH]c4)cc32)cc(N2CCOCC2)n1. The number of aliphatic hydroxyl groups excluding tert-OH is 1. The summed E-state index contributed by atoms with van der Waals surface area (Å²) in [4.78, 5) is 41.3. The fourth-order valence-electron chi connectivity index (χ4n) is 17.9. The number of ether oxygens (including phenoxy) is 6. The number of aromatic amines is 1. The number of hydrogen-bond acceptors (Lipinski definition) is 25. The zero-order valence-electron chi connectivity index (χ0n) is 77.8. The number of aliphatic imine (C=N–C) groups is 1. The summed E-state index contributed by atoms with van der Waals surface area (Å²) in [6.07, 6.45) is 34.3. The van der Waals surface area contributed by atoms with Crippen LogP contribution in [-0.2, 0) is 14.2 Å². The lowest BCUT2D eigenvalue weighted by molar-refractivity contribution is 0.0244. The number of nitrogens with one attached hydrogen (secondary N) is 1. The van der Waals surface area contributed by atoms with E-state index in [1.807, 2.05) is 224 Å². The van der Waals surface area contributed by atoms with Gasteiger partial charge in [-0.1, -0.05) is 43.7 Å². The van der Waals surface area contributed by atoms with Crippen LogP contribution in [0.2, 0.25) is 0 Å². The summed E-state index contributed by atoms with van der Waals surface area (Å²) in [7, 11) is 0. The van der Waals surface area contributed by atoms with Crippen molar-refractivity contribution in [3.8, 4) is 56.8 Å². The highest BCUT2D eigenvalue weighted by atomic mass is 16.5. The summed E-state index contributed by atoms with van der Waals surface area (Å²) in [6, 6.07) is 51.8. The second-order valence-electron chi connectivity index (χ2n) is 35.8. The molecule has 0 radical (unpaired) electrons. The molecule has 2 atom stereocenters. The van der Waals surface area contributed by atoms with Crippen molar-refractivity contribution < 1.29 is 33.5 Å². The molecule has 2 unspecified atom stereocenters. The third-order valence-corrected chi connectivity index (χ3v) is 25.3. The zero-order valence-corrected chi connectivity index (χ0v) is 77.8. The summed E-state index contributed by atoms with van der Waals surface area (Å²) in [5, 5.41) is 44.6. The molecule has 6 aliphatic heterocycles. The van der Waals surface area contributed by atoms with Gasteiger partial charge in [0.25, 0.3) is 0 Å². The number of anilines is 5. The molecule has 7 aliphatic rings. The second kappa shape index (κ2) is 42.1. The van der Waals surface area contributed by atoms with Crippen molar-refractivity contribution in [3.05, 3.63) is 238 Å². The van der Waals surface area contributed by atoms with Crippen molar-refractivity contribution in [2.75, 3.05) is 149 Å². The zero-order chi connectivity index (χ0) is 92.1. The van der Waals surface area contributed by atoms with Crippen LogP contribution in [0.1, 0.15) is 92.6 Å². The summed E-state index contributed by atoms with van der Waals surface area (Å²) in [6.45, 7) is 30.8. The summed E-state index contributed by atoms with van der Waals surface area (Å²) in [5.41, 5.74) is 14.8. The van der Waals surface area contributed by atoms with Crippen LogP contribution in [0, 0.1) is 5.92 Å². The average Bonchev–Trinajstić information content (AvgIpc) is 1.97. The molecule has 16 aromatic rings. The topological polar surface area (TPSA) is 290 Å². The monoisotopic (exact) mass is 1810 g/mol. The van der Waals surface area contributed by atoms with Crippen molar-refractivity contribution in [2.45, 2.75) is 117 Å². The molecule has 31 nitrogen and oxygen atoms in total. The van der Waals surface area contributed by atoms with Crippen LogP contribution in [0.25, 0.3) is 99.7 Å². The molecule has 5 aromatic carbocycles. The number of morpholine rings is 3. The van der Waals surface area contributed by atoms with Gasteiger partial charge in [-0.25, -0.2) is 48.3 Å². The largest absolute Gasteiger partial charge is 0.491 e. The minimum atomic E-state index is 0.0329. The first kappa shape index (κ1) is 90.2. The molecule has 11 aromatic heterocycles. The number of nitrogens with zero attached hydrogens (tertiary/aromatic N) is 23. The van der Waals surface area contributed by atoms with E-state index in [1.165, 1.54) is 43.4 Å². The van der Waals surface area contributed by atoms with E-state index in [1.54, 1.807) is 0 Å². The average molecular weight is 1820 g/mol. The minimum absolute atomic E-state index is 0.0329. The van der Waals surface area contributed by atoms with Gasteiger partial charge in [-0.3, -0.25) is 15.0 Å². The predicted molar refractivity (Wildman–Crippen MR) is 532 cm³/mol. The molecule has 0 amide bonds. The van der Waals surface area contributed by atoms with Crippen LogP contribution in [0.5, 0.6) is 17.2 Å². The molecule has 5 saturated heterocycles. The first-order chi connectivity index (χ1) is 66.2. The maximum Gasteiger partial charge on any atom is 0.130 e. The molecule has 135 heavy (non-hydrogen) atoms. The van der Waals surface area contributed by atoms with Crippen LogP contribution in [-0.4, -0.2) is 255 Å². The lowest BCUT2D eigenvalue weighted by atomic mass is 9.85. The normalized spacial score (nSPS) is 17.0. The van der Waals surface area contributed by atoms with Crippen LogP contribution in [0.3, 0.4) is 0 Å². The summed E-state index contributed by atoms with van der Waals surface area (Å²) >= 11 is 0. The van der Waals surface area contributed by atoms with Crippen molar-refractivity contribution in [1.29, 1.82) is 0 Å². The molecular formula is C104H118N24O7. The van der Waals surface area contributed by atoms with Gasteiger partial charge in [0, 0.05) is 216 Å². The van der Waals surface area contributed by atoms with E-state index in [4.69, 9.17) is 28.4 Å². The van der Waals surface area contributed by atoms with Gasteiger partial charge in [-0.05, 0) is 175 Å². The maximum absolute atomic E-state index is 9.19. The van der Waals surface area contributed by atoms with E-state index in [2.05, 4.69) is 181 Å². The highest BCUT2D eigenvalue weighted by molar-refractivity contribution is 6.12. The van der Waals surface area contributed by atoms with Gasteiger partial charge in [0.05, 0.1) is 157 Å². The Morgan fingerprint density at radius 2 is 0.785 bits per heavy atom. The lowest BCUT2D eigenvalue weighted by Gasteiger charge is -2.39. The second-order valence-corrected chi connectivity index (χ2v) is 35.8. The number of piperazine rings is 1. The number of H-pyrrole nitrogens is 1. The molecular weight excluding hydrogens is 1700 g/mol. The molecule has 31 heteroatoms. The van der Waals surface area contributed by atoms with Crippen LogP contribution in [0.15, 0.2) is 237 Å². The van der Waals surface area contributed by atoms with Gasteiger partial charge < -0.3 is 58.0 Å². The standard InChI is InChI=1S/C24H31N5O.C22H23N5O.C21H26N4O3.C19H18N6O.C18H20N4O/c1-18(2)30-22-7-6-20-16-26-29(23(20)15-22)21-8-9-25-24(14-21)28-12-10-27(11-13-28)17-19-4-3-5-19;1-2-19-11-18(14-24-19)16-3-4-17-15-25-27(21(17)12-16)20-5-6-23-22(13-20)26-7-9-28-10-8-26;1-15(2)28-18-4-3-16-13-23-25(20(16)12-18)17-5-7-22-21(11-17)24-8-10-27-19(14-24)6-9-26;1-2-15-13-23-25(18(15)9-14(1)16-11-21-22-12-16)17-3-4-20-19(10-17)24-5-7-26-8-6-24;1-13(2)23-16-5-4-14-12-20-22(17(14)11-16)15-6-7-19-18(10-15)21-8-3-9-21/h6-9,14-16,18-19H,3-5,10-13,17H2,1-2H3;3-6,11-15,19H,2,7-10H2,1H3;3-5,7,11-13,15,19,26H,6,8-10,14H2,1-2H3;1-4,9-13H,5-8H2,(H,21,22);4-7,10-13H,3,8-9H2,1-2H3. The Morgan fingerprint density at radius 1 is 0.400 bits per heavy atom. The Labute approximate surface area is 785 Å². The maximum atomic E-state index is 9.19. The smallest absolute Gasteiger partial charge is 0.130 e. The molecule has 2 N–H and O–H groups in total. The number of pyridine rings is 5. The van der Waals surface area contributed by atoms with Crippen molar-refractivity contribution in [2.24, 2.45) is 10.9 Å². The highest BCUT2D eigenvalue weighted by Gasteiger charge is 2.28. The van der Waals surface area contributed by atoms with Gasteiger partial charge in [0.2, 0.25) is 0 Å². The number of benzene rings is 5. The third-order valence-electron chi connectivity index (χ3n) is 25.3. The first-order valence-corrected chi connectivity index (χ1v) is 47.5. The van der Waals surface area contributed by atoms with E-state index in [0.29, 0.717) is 19.1 Å². The number of aliphatic hydroxyl groups is 1. The van der Waals surface area contributed by atoms with Crippen molar-refractivity contribution in [3.63, 3.8) is 0 Å². The van der Waals surface area contributed by atoms with Crippen LogP contribution >= 0.6 is 0 Å². The number of hydrogen-bond donors (Lipinski definition) is 2. The van der Waals surface area contributed by atoms with E-state index in [9.17, 15) is 5.11 Å². The number of rotatable bonds is 23. The first-order valence-electron chi connectivity index (χ1n) is 47.5. The van der Waals surface area contributed by atoms with Gasteiger partial charge >= 0.3 is 0 Å². The molecule has 23 rings (SSSR count). The van der Waals surface area contributed by atoms with E-state index < -0.39 is 0 Å². The molecule has 1 aliphatic carbocycles. The third kappa shape index (κ3) is 21.5. The van der Waals surface area contributed by atoms with Crippen molar-refractivity contribution in [1.82, 2.24) is 88.9 Å². The summed E-state index contributed by atoms with van der Waals surface area (Å²) in [5.74, 6) is 8.39. The molecule has 696 valence electrons. The lowest BCUT2D eigenvalue weighted by Crippen LogP contribution is -2.48. The van der Waals surface area contributed by atoms with Crippen LogP contribution < -0.4 is 38.7 Å². The fraction of sp³-hybridized carbons (Fsp3) is 0.365. The molecule has 0 bridgehead atoms. The van der Waals surface area contributed by atoms with E-state index >= 15 is 0 Å². The number of allylic oxidation sites excluding steroid dienone is 1. The molecule has 0 spiro atoms. The van der Waals surface area contributed by atoms with Crippen LogP contribution in [0.4, 0.5) is 29.1 Å². The van der Waals surface area contributed by atoms with Gasteiger partial charge in [-0.15, -0.1) is 0 Å². The Hall–Kier alpha value is -14.0. The quantitative estimate of drug-likeness (QED) is 0.0601. The van der Waals surface area contributed by atoms with Crippen molar-refractivity contribution >= 4 is 95.4 Å². The van der Waals surface area contributed by atoms with E-state index in [-0.39, 0.29) is 31.0 Å². The van der Waals surface area contributed by atoms with Gasteiger partial charge in [0.1, 0.15) is 46.3 Å². The Bertz CT molecular complexity index is 6730. The molecule has 1 saturated carbocycles. The number of fused-ring (bicyclic) bond motifs is 5. The Balaban J connectivity index is 0.000000109. The Morgan fingerprint density at radius 3 is 1.16 bits per heavy atom. The fourth-order valence-corrected chi connectivity index (χ4v) is 17.9.